The van der Waals surface area contributed by atoms with Crippen LogP contribution in [0.15, 0.2) is 41.0 Å². The van der Waals surface area contributed by atoms with Crippen LogP contribution >= 0.6 is 15.9 Å². The molecule has 0 radical (unpaired) electrons. The molecular formula is C15H14BrNO2. The summed E-state index contributed by atoms with van der Waals surface area (Å²) < 4.78 is 6.00. The van der Waals surface area contributed by atoms with E-state index in [9.17, 15) is 4.79 Å². The van der Waals surface area contributed by atoms with Crippen molar-refractivity contribution in [2.75, 3.05) is 7.11 Å². The van der Waals surface area contributed by atoms with E-state index in [0.29, 0.717) is 10.2 Å². The largest absolute Gasteiger partial charge is 0.496 e. The molecule has 1 heterocycles. The van der Waals surface area contributed by atoms with Crippen LogP contribution in [0.1, 0.15) is 21.6 Å². The van der Waals surface area contributed by atoms with Gasteiger partial charge in [0.2, 0.25) is 0 Å². The summed E-state index contributed by atoms with van der Waals surface area (Å²) in [5.74, 6) is 0.697. The number of halogens is 1. The lowest BCUT2D eigenvalue weighted by molar-refractivity contribution is 0.0986. The maximum atomic E-state index is 12.3. The van der Waals surface area contributed by atoms with Gasteiger partial charge in [0.25, 0.3) is 0 Å². The van der Waals surface area contributed by atoms with Gasteiger partial charge in [0.05, 0.1) is 7.11 Å². The Morgan fingerprint density at radius 1 is 1.37 bits per heavy atom. The summed E-state index contributed by atoms with van der Waals surface area (Å²) in [7, 11) is 1.61. The monoisotopic (exact) mass is 319 g/mol. The molecule has 2 aromatic rings. The molecular weight excluding hydrogens is 306 g/mol. The molecule has 1 aromatic heterocycles. The Morgan fingerprint density at radius 2 is 2.16 bits per heavy atom. The van der Waals surface area contributed by atoms with Crippen molar-refractivity contribution in [1.82, 2.24) is 4.98 Å². The van der Waals surface area contributed by atoms with E-state index in [-0.39, 0.29) is 12.2 Å². The van der Waals surface area contributed by atoms with Crippen molar-refractivity contribution in [1.29, 1.82) is 0 Å². The molecule has 4 heteroatoms. The van der Waals surface area contributed by atoms with Crippen LogP contribution in [-0.2, 0) is 6.42 Å². The molecule has 0 spiro atoms. The number of benzene rings is 1. The quantitative estimate of drug-likeness (QED) is 0.808. The zero-order chi connectivity index (χ0) is 13.8. The van der Waals surface area contributed by atoms with Gasteiger partial charge in [0.15, 0.2) is 5.78 Å². The maximum Gasteiger partial charge on any atom is 0.186 e. The molecule has 19 heavy (non-hydrogen) atoms. The number of aryl methyl sites for hydroxylation is 1. The van der Waals surface area contributed by atoms with E-state index in [1.807, 2.05) is 31.2 Å². The molecule has 0 aliphatic heterocycles. The first-order valence-electron chi connectivity index (χ1n) is 5.89. The molecule has 0 bridgehead atoms. The molecule has 0 amide bonds. The molecule has 0 saturated heterocycles. The van der Waals surface area contributed by atoms with Crippen LogP contribution in [0.5, 0.6) is 5.75 Å². The molecule has 3 nitrogen and oxygen atoms in total. The van der Waals surface area contributed by atoms with Gasteiger partial charge < -0.3 is 4.74 Å². The second-order valence-corrected chi connectivity index (χ2v) is 5.10. The van der Waals surface area contributed by atoms with E-state index >= 15 is 0 Å². The SMILES string of the molecule is COc1ccc(C)cc1CC(=O)c1ncccc1Br. The van der Waals surface area contributed by atoms with Crippen molar-refractivity contribution in [2.24, 2.45) is 0 Å². The molecule has 2 rings (SSSR count). The van der Waals surface area contributed by atoms with Gasteiger partial charge in [-0.1, -0.05) is 17.7 Å². The van der Waals surface area contributed by atoms with Gasteiger partial charge in [-0.15, -0.1) is 0 Å². The second kappa shape index (κ2) is 5.97. The standard InChI is InChI=1S/C15H14BrNO2/c1-10-5-6-14(19-2)11(8-10)9-13(18)15-12(16)4-3-7-17-15/h3-8H,9H2,1-2H3. The van der Waals surface area contributed by atoms with Crippen LogP contribution in [-0.4, -0.2) is 17.9 Å². The number of pyridine rings is 1. The maximum absolute atomic E-state index is 12.3. The predicted molar refractivity (Wildman–Crippen MR) is 77.7 cm³/mol. The summed E-state index contributed by atoms with van der Waals surface area (Å²) in [6.07, 6.45) is 1.89. The lowest BCUT2D eigenvalue weighted by Crippen LogP contribution is -2.08. The number of Topliss-reactive ketones (excluding diaryl/α,β-unsaturated/α-hetero) is 1. The van der Waals surface area contributed by atoms with Crippen molar-refractivity contribution in [3.8, 4) is 5.75 Å². The molecule has 0 saturated carbocycles. The molecule has 0 aliphatic rings. The van der Waals surface area contributed by atoms with Gasteiger partial charge in [0.1, 0.15) is 11.4 Å². The number of aromatic nitrogens is 1. The first-order valence-corrected chi connectivity index (χ1v) is 6.68. The Kier molecular flexibility index (Phi) is 4.32. The van der Waals surface area contributed by atoms with Crippen molar-refractivity contribution in [3.63, 3.8) is 0 Å². The number of methoxy groups -OCH3 is 1. The van der Waals surface area contributed by atoms with Crippen molar-refractivity contribution >= 4 is 21.7 Å². The van der Waals surface area contributed by atoms with Gasteiger partial charge in [-0.25, -0.2) is 0 Å². The van der Waals surface area contributed by atoms with Gasteiger partial charge >= 0.3 is 0 Å². The highest BCUT2D eigenvalue weighted by Gasteiger charge is 2.14. The Balaban J connectivity index is 2.29. The molecule has 98 valence electrons. The summed E-state index contributed by atoms with van der Waals surface area (Å²) in [5, 5.41) is 0. The highest BCUT2D eigenvalue weighted by molar-refractivity contribution is 9.10. The molecule has 0 N–H and O–H groups in total. The fraction of sp³-hybridized carbons (Fsp3) is 0.200. The molecule has 0 unspecified atom stereocenters. The second-order valence-electron chi connectivity index (χ2n) is 4.25. The van der Waals surface area contributed by atoms with Crippen molar-refractivity contribution in [3.05, 3.63) is 57.8 Å². The first kappa shape index (κ1) is 13.7. The normalized spacial score (nSPS) is 10.3. The number of nitrogens with zero attached hydrogens (tertiary/aromatic N) is 1. The third-order valence-corrected chi connectivity index (χ3v) is 3.45. The predicted octanol–water partition coefficient (Wildman–Crippen LogP) is 3.59. The minimum absolute atomic E-state index is 0.0311. The number of carbonyl (C=O) groups excluding carboxylic acids is 1. The Hall–Kier alpha value is -1.68. The van der Waals surface area contributed by atoms with Crippen molar-refractivity contribution < 1.29 is 9.53 Å². The van der Waals surface area contributed by atoms with Crippen LogP contribution in [0.25, 0.3) is 0 Å². The van der Waals surface area contributed by atoms with Crippen LogP contribution in [0.2, 0.25) is 0 Å². The number of hydrogen-bond acceptors (Lipinski definition) is 3. The number of carbonyl (C=O) groups is 1. The topological polar surface area (TPSA) is 39.2 Å². The van der Waals surface area contributed by atoms with E-state index in [4.69, 9.17) is 4.74 Å². The van der Waals surface area contributed by atoms with Gasteiger partial charge in [-0.2, -0.15) is 0 Å². The molecule has 0 fully saturated rings. The fourth-order valence-electron chi connectivity index (χ4n) is 1.89. The summed E-state index contributed by atoms with van der Waals surface area (Å²) in [5.41, 5.74) is 2.43. The zero-order valence-corrected chi connectivity index (χ0v) is 12.4. The summed E-state index contributed by atoms with van der Waals surface area (Å²) in [6, 6.07) is 9.41. The van der Waals surface area contributed by atoms with Crippen molar-refractivity contribution in [2.45, 2.75) is 13.3 Å². The fourth-order valence-corrected chi connectivity index (χ4v) is 2.37. The third-order valence-electron chi connectivity index (χ3n) is 2.81. The number of hydrogen-bond donors (Lipinski definition) is 0. The van der Waals surface area contributed by atoms with E-state index < -0.39 is 0 Å². The minimum atomic E-state index is -0.0311. The average molecular weight is 320 g/mol. The molecule has 0 atom stereocenters. The highest BCUT2D eigenvalue weighted by Crippen LogP contribution is 2.23. The number of ether oxygens (including phenoxy) is 1. The highest BCUT2D eigenvalue weighted by atomic mass is 79.9. The van der Waals surface area contributed by atoms with E-state index in [2.05, 4.69) is 20.9 Å². The Labute approximate surface area is 120 Å². The smallest absolute Gasteiger partial charge is 0.186 e. The van der Waals surface area contributed by atoms with Gasteiger partial charge in [-0.05, 0) is 41.1 Å². The van der Waals surface area contributed by atoms with Crippen LogP contribution < -0.4 is 4.74 Å². The van der Waals surface area contributed by atoms with Crippen LogP contribution in [0, 0.1) is 6.92 Å². The zero-order valence-electron chi connectivity index (χ0n) is 10.8. The molecule has 0 aliphatic carbocycles. The van der Waals surface area contributed by atoms with Crippen LogP contribution in [0.3, 0.4) is 0 Å². The van der Waals surface area contributed by atoms with E-state index in [1.54, 1.807) is 19.4 Å². The third kappa shape index (κ3) is 3.20. The minimum Gasteiger partial charge on any atom is -0.496 e. The molecule has 1 aromatic carbocycles. The Morgan fingerprint density at radius 3 is 2.84 bits per heavy atom. The van der Waals surface area contributed by atoms with E-state index in [0.717, 1.165) is 16.9 Å². The number of ketones is 1. The van der Waals surface area contributed by atoms with Gasteiger partial charge in [0, 0.05) is 22.7 Å². The lowest BCUT2D eigenvalue weighted by Gasteiger charge is -2.09. The first-order chi connectivity index (χ1) is 9.11. The average Bonchev–Trinajstić information content (AvgIpc) is 2.39. The van der Waals surface area contributed by atoms with E-state index in [1.165, 1.54) is 0 Å². The lowest BCUT2D eigenvalue weighted by atomic mass is 10.0. The summed E-state index contributed by atoms with van der Waals surface area (Å²) in [6.45, 7) is 1.99. The summed E-state index contributed by atoms with van der Waals surface area (Å²) in [4.78, 5) is 16.4. The number of rotatable bonds is 4. The Bertz CT molecular complexity index is 611. The summed E-state index contributed by atoms with van der Waals surface area (Å²) >= 11 is 3.35. The van der Waals surface area contributed by atoms with Crippen LogP contribution in [0.4, 0.5) is 0 Å². The van der Waals surface area contributed by atoms with Gasteiger partial charge in [-0.3, -0.25) is 9.78 Å².